The number of benzene rings is 1. The number of hydrogen-bond donors (Lipinski definition) is 1. The van der Waals surface area contributed by atoms with Crippen molar-refractivity contribution in [3.05, 3.63) is 65.0 Å². The van der Waals surface area contributed by atoms with E-state index in [1.807, 2.05) is 25.1 Å². The van der Waals surface area contributed by atoms with E-state index in [2.05, 4.69) is 10.2 Å². The van der Waals surface area contributed by atoms with Crippen molar-refractivity contribution < 1.29 is 13.6 Å². The topological polar surface area (TPSA) is 45.2 Å². The van der Waals surface area contributed by atoms with Crippen LogP contribution in [0.4, 0.5) is 8.78 Å². The van der Waals surface area contributed by atoms with Crippen molar-refractivity contribution in [3.8, 4) is 0 Å². The summed E-state index contributed by atoms with van der Waals surface area (Å²) in [5.41, 5.74) is 2.30. The Bertz CT molecular complexity index is 872. The highest BCUT2D eigenvalue weighted by Gasteiger charge is 2.49. The predicted molar refractivity (Wildman–Crippen MR) is 98.1 cm³/mol. The van der Waals surface area contributed by atoms with Crippen molar-refractivity contribution >= 4 is 5.91 Å². The minimum atomic E-state index is -0.835. The molecule has 4 rings (SSSR count). The van der Waals surface area contributed by atoms with Gasteiger partial charge in [0.25, 0.3) is 0 Å². The van der Waals surface area contributed by atoms with Crippen LogP contribution in [0.5, 0.6) is 0 Å². The monoisotopic (exact) mass is 371 g/mol. The van der Waals surface area contributed by atoms with Gasteiger partial charge in [-0.3, -0.25) is 14.7 Å². The van der Waals surface area contributed by atoms with Crippen LogP contribution in [0.15, 0.2) is 36.4 Å². The van der Waals surface area contributed by atoms with E-state index in [1.54, 1.807) is 6.07 Å². The Balaban J connectivity index is 1.62. The minimum Gasteiger partial charge on any atom is -0.349 e. The summed E-state index contributed by atoms with van der Waals surface area (Å²) in [7, 11) is 0. The van der Waals surface area contributed by atoms with Gasteiger partial charge in [0.15, 0.2) is 11.6 Å². The zero-order valence-corrected chi connectivity index (χ0v) is 15.3. The Morgan fingerprint density at radius 2 is 2.11 bits per heavy atom. The van der Waals surface area contributed by atoms with Gasteiger partial charge in [-0.25, -0.2) is 8.78 Å². The van der Waals surface area contributed by atoms with Crippen molar-refractivity contribution in [2.75, 3.05) is 13.1 Å². The summed E-state index contributed by atoms with van der Waals surface area (Å²) in [6, 6.07) is 10.00. The van der Waals surface area contributed by atoms with Crippen molar-refractivity contribution in [2.45, 2.75) is 44.2 Å². The van der Waals surface area contributed by atoms with Crippen molar-refractivity contribution in [1.29, 1.82) is 0 Å². The molecule has 6 heteroatoms. The zero-order chi connectivity index (χ0) is 19.0. The van der Waals surface area contributed by atoms with Gasteiger partial charge < -0.3 is 5.32 Å². The zero-order valence-electron chi connectivity index (χ0n) is 15.3. The fraction of sp³-hybridized carbons (Fsp3) is 0.429. The largest absolute Gasteiger partial charge is 0.349 e. The quantitative estimate of drug-likeness (QED) is 0.900. The maximum atomic E-state index is 13.6. The summed E-state index contributed by atoms with van der Waals surface area (Å²) in [5, 5.41) is 3.24. The average molecular weight is 371 g/mol. The Kier molecular flexibility index (Phi) is 4.68. The molecule has 142 valence electrons. The standard InChI is InChI=1S/C21H23F2N3O/c1-14-4-2-5-19(24-14)16-12-26(11-15-7-8-17(22)18(23)10-15)13-21(16)9-3-6-20(27)25-21/h2,4-5,7-8,10,16H,3,6,9,11-13H2,1H3,(H,25,27)/t16-,21+/m0/s1. The summed E-state index contributed by atoms with van der Waals surface area (Å²) in [6.07, 6.45) is 2.30. The van der Waals surface area contributed by atoms with Gasteiger partial charge in [-0.2, -0.15) is 0 Å². The third-order valence-electron chi connectivity index (χ3n) is 5.69. The van der Waals surface area contributed by atoms with Gasteiger partial charge in [0.1, 0.15) is 0 Å². The summed E-state index contributed by atoms with van der Waals surface area (Å²) >= 11 is 0. The first-order valence-corrected chi connectivity index (χ1v) is 9.36. The summed E-state index contributed by atoms with van der Waals surface area (Å²) in [5.74, 6) is -1.51. The van der Waals surface area contributed by atoms with E-state index in [-0.39, 0.29) is 17.4 Å². The normalized spacial score (nSPS) is 25.7. The second-order valence-corrected chi connectivity index (χ2v) is 7.73. The second kappa shape index (κ2) is 7.00. The number of likely N-dealkylation sites (tertiary alicyclic amines) is 1. The molecule has 2 atom stereocenters. The molecule has 2 saturated heterocycles. The smallest absolute Gasteiger partial charge is 0.220 e. The SMILES string of the molecule is Cc1cccc([C@@H]2CN(Cc3ccc(F)c(F)c3)C[C@]23CCCC(=O)N3)n1. The molecule has 27 heavy (non-hydrogen) atoms. The van der Waals surface area contributed by atoms with Gasteiger partial charge >= 0.3 is 0 Å². The number of carbonyl (C=O) groups excluding carboxylic acids is 1. The summed E-state index contributed by atoms with van der Waals surface area (Å²) in [6.45, 7) is 3.87. The Morgan fingerprint density at radius 1 is 1.26 bits per heavy atom. The number of nitrogens with zero attached hydrogens (tertiary/aromatic N) is 2. The number of aromatic nitrogens is 1. The van der Waals surface area contributed by atoms with E-state index in [1.165, 1.54) is 12.1 Å². The van der Waals surface area contributed by atoms with Crippen LogP contribution in [-0.4, -0.2) is 34.4 Å². The number of pyridine rings is 1. The highest BCUT2D eigenvalue weighted by molar-refractivity contribution is 5.78. The van der Waals surface area contributed by atoms with Crippen molar-refractivity contribution in [1.82, 2.24) is 15.2 Å². The first kappa shape index (κ1) is 18.0. The fourth-order valence-electron chi connectivity index (χ4n) is 4.51. The lowest BCUT2D eigenvalue weighted by atomic mass is 9.78. The third-order valence-corrected chi connectivity index (χ3v) is 5.69. The molecule has 2 aromatic rings. The molecule has 2 fully saturated rings. The van der Waals surface area contributed by atoms with Gasteiger partial charge in [0, 0.05) is 43.4 Å². The molecule has 1 aromatic heterocycles. The molecule has 4 nitrogen and oxygen atoms in total. The minimum absolute atomic E-state index is 0.0759. The van der Waals surface area contributed by atoms with Gasteiger partial charge in [-0.05, 0) is 49.6 Å². The number of piperidine rings is 1. The first-order valence-electron chi connectivity index (χ1n) is 9.36. The van der Waals surface area contributed by atoms with E-state index in [9.17, 15) is 13.6 Å². The highest BCUT2D eigenvalue weighted by Crippen LogP contribution is 2.41. The van der Waals surface area contributed by atoms with Crippen molar-refractivity contribution in [3.63, 3.8) is 0 Å². The molecule has 2 aliphatic rings. The molecule has 1 N–H and O–H groups in total. The first-order chi connectivity index (χ1) is 12.9. The summed E-state index contributed by atoms with van der Waals surface area (Å²) in [4.78, 5) is 19.1. The number of aryl methyl sites for hydroxylation is 1. The number of hydrogen-bond acceptors (Lipinski definition) is 3. The fourth-order valence-corrected chi connectivity index (χ4v) is 4.51. The number of nitrogens with one attached hydrogen (secondary N) is 1. The molecular formula is C21H23F2N3O. The van der Waals surface area contributed by atoms with Crippen LogP contribution in [0.25, 0.3) is 0 Å². The number of halogens is 2. The van der Waals surface area contributed by atoms with Crippen LogP contribution in [0.1, 0.15) is 42.1 Å². The van der Waals surface area contributed by atoms with E-state index in [0.29, 0.717) is 19.5 Å². The molecule has 2 aliphatic heterocycles. The van der Waals surface area contributed by atoms with Gasteiger partial charge in [0.05, 0.1) is 5.54 Å². The van der Waals surface area contributed by atoms with Gasteiger partial charge in [-0.1, -0.05) is 12.1 Å². The molecular weight excluding hydrogens is 348 g/mol. The van der Waals surface area contributed by atoms with Gasteiger partial charge in [-0.15, -0.1) is 0 Å². The molecule has 0 aliphatic carbocycles. The maximum absolute atomic E-state index is 13.6. The molecule has 0 bridgehead atoms. The Morgan fingerprint density at radius 3 is 2.85 bits per heavy atom. The third kappa shape index (κ3) is 3.58. The van der Waals surface area contributed by atoms with E-state index < -0.39 is 11.6 Å². The molecule has 1 spiro atoms. The van der Waals surface area contributed by atoms with Crippen LogP contribution < -0.4 is 5.32 Å². The van der Waals surface area contributed by atoms with Gasteiger partial charge in [0.2, 0.25) is 5.91 Å². The van der Waals surface area contributed by atoms with Crippen LogP contribution in [0.2, 0.25) is 0 Å². The predicted octanol–water partition coefficient (Wildman–Crippen LogP) is 3.31. The van der Waals surface area contributed by atoms with Crippen LogP contribution >= 0.6 is 0 Å². The molecule has 1 aromatic carbocycles. The van der Waals surface area contributed by atoms with Crippen molar-refractivity contribution in [2.24, 2.45) is 0 Å². The van der Waals surface area contributed by atoms with Crippen LogP contribution in [0, 0.1) is 18.6 Å². The average Bonchev–Trinajstić information content (AvgIpc) is 2.95. The van der Waals surface area contributed by atoms with Crippen LogP contribution in [0.3, 0.4) is 0 Å². The summed E-state index contributed by atoms with van der Waals surface area (Å²) < 4.78 is 26.8. The lowest BCUT2D eigenvalue weighted by Gasteiger charge is -2.39. The van der Waals surface area contributed by atoms with E-state index in [0.717, 1.165) is 36.3 Å². The highest BCUT2D eigenvalue weighted by atomic mass is 19.2. The molecule has 0 unspecified atom stereocenters. The Hall–Kier alpha value is -2.34. The number of carbonyl (C=O) groups is 1. The number of rotatable bonds is 3. The Labute approximate surface area is 157 Å². The molecule has 3 heterocycles. The van der Waals surface area contributed by atoms with Crippen LogP contribution in [-0.2, 0) is 11.3 Å². The lowest BCUT2D eigenvalue weighted by Crippen LogP contribution is -2.56. The number of amides is 1. The van der Waals surface area contributed by atoms with E-state index >= 15 is 0 Å². The second-order valence-electron chi connectivity index (χ2n) is 7.73. The molecule has 0 radical (unpaired) electrons. The lowest BCUT2D eigenvalue weighted by molar-refractivity contribution is -0.125. The maximum Gasteiger partial charge on any atom is 0.220 e. The molecule has 1 amide bonds. The van der Waals surface area contributed by atoms with E-state index in [4.69, 9.17) is 4.98 Å². The molecule has 0 saturated carbocycles.